The van der Waals surface area contributed by atoms with E-state index < -0.39 is 0 Å². The van der Waals surface area contributed by atoms with Gasteiger partial charge in [0.2, 0.25) is 0 Å². The van der Waals surface area contributed by atoms with Crippen LogP contribution in [-0.4, -0.2) is 17.4 Å². The first-order valence-corrected chi connectivity index (χ1v) is 14.8. The van der Waals surface area contributed by atoms with Crippen molar-refractivity contribution in [3.05, 3.63) is 11.6 Å². The number of alkyl halides is 1. The number of halogens is 1. The number of hydrogen-bond donors (Lipinski definition) is 0. The molecule has 4 aliphatic carbocycles. The van der Waals surface area contributed by atoms with E-state index in [1.54, 1.807) is 5.57 Å². The van der Waals surface area contributed by atoms with Crippen molar-refractivity contribution in [2.24, 2.45) is 46.3 Å². The molecule has 8 atom stereocenters. The number of fused-ring (bicyclic) bond motifs is 5. The molecular weight excluding hydrogens is 460 g/mol. The summed E-state index contributed by atoms with van der Waals surface area (Å²) in [7, 11) is 0. The lowest BCUT2D eigenvalue weighted by Gasteiger charge is -2.58. The average Bonchev–Trinajstić information content (AvgIpc) is 3.11. The normalized spacial score (nSPS) is 42.0. The summed E-state index contributed by atoms with van der Waals surface area (Å²) in [5.41, 5.74) is 2.50. The van der Waals surface area contributed by atoms with Crippen molar-refractivity contribution in [1.82, 2.24) is 0 Å². The summed E-state index contributed by atoms with van der Waals surface area (Å²) in [5, 5.41) is 0.307. The molecular formula is C29H47BrO2. The topological polar surface area (TPSA) is 26.3 Å². The molecule has 4 unspecified atom stereocenters. The molecule has 0 amide bonds. The van der Waals surface area contributed by atoms with Gasteiger partial charge in [-0.2, -0.15) is 0 Å². The fraction of sp³-hybridized carbons (Fsp3) is 0.897. The van der Waals surface area contributed by atoms with Gasteiger partial charge in [0, 0.05) is 6.42 Å². The fourth-order valence-electron chi connectivity index (χ4n) is 8.97. The molecule has 0 aromatic carbocycles. The van der Waals surface area contributed by atoms with E-state index in [9.17, 15) is 4.79 Å². The van der Waals surface area contributed by atoms with Gasteiger partial charge in [0.1, 0.15) is 11.4 Å². The van der Waals surface area contributed by atoms with Gasteiger partial charge in [0.15, 0.2) is 0 Å². The molecule has 0 saturated heterocycles. The van der Waals surface area contributed by atoms with Gasteiger partial charge >= 0.3 is 5.97 Å². The SMILES string of the molecule is CC(C)CCC[C@@H](C)C1CCC2C3CC=C4C[C@@H](OC(=O)CBr)CC[C@]4(C)C3CC[C@@]21C. The van der Waals surface area contributed by atoms with Gasteiger partial charge in [-0.1, -0.05) is 81.5 Å². The van der Waals surface area contributed by atoms with E-state index in [2.05, 4.69) is 56.6 Å². The minimum absolute atomic E-state index is 0.0901. The smallest absolute Gasteiger partial charge is 0.316 e. The number of allylic oxidation sites excluding steroid dienone is 1. The molecule has 0 radical (unpaired) electrons. The predicted molar refractivity (Wildman–Crippen MR) is 137 cm³/mol. The van der Waals surface area contributed by atoms with E-state index >= 15 is 0 Å². The lowest BCUT2D eigenvalue weighted by atomic mass is 9.47. The molecule has 0 aromatic rings. The van der Waals surface area contributed by atoms with Crippen LogP contribution in [0.2, 0.25) is 0 Å². The maximum atomic E-state index is 11.8. The summed E-state index contributed by atoms with van der Waals surface area (Å²) < 4.78 is 5.72. The number of hydrogen-bond acceptors (Lipinski definition) is 2. The van der Waals surface area contributed by atoms with Gasteiger partial charge in [0.05, 0.1) is 0 Å². The summed E-state index contributed by atoms with van der Waals surface area (Å²) in [5.74, 6) is 5.16. The van der Waals surface area contributed by atoms with Gasteiger partial charge < -0.3 is 4.74 Å². The second-order valence-corrected chi connectivity index (χ2v) is 13.3. The highest BCUT2D eigenvalue weighted by Gasteiger charge is 2.59. The third-order valence-corrected chi connectivity index (χ3v) is 11.1. The number of carbonyl (C=O) groups excluding carboxylic acids is 1. The highest BCUT2D eigenvalue weighted by Crippen LogP contribution is 2.67. The van der Waals surface area contributed by atoms with Crippen molar-refractivity contribution in [1.29, 1.82) is 0 Å². The molecule has 0 aliphatic heterocycles. The zero-order chi connectivity index (χ0) is 23.1. The molecule has 0 aromatic heterocycles. The largest absolute Gasteiger partial charge is 0.461 e. The Bertz CT molecular complexity index is 714. The highest BCUT2D eigenvalue weighted by molar-refractivity contribution is 9.09. The second kappa shape index (κ2) is 9.74. The molecule has 3 saturated carbocycles. The van der Waals surface area contributed by atoms with Crippen molar-refractivity contribution >= 4 is 21.9 Å². The number of rotatable bonds is 7. The van der Waals surface area contributed by atoms with Crippen molar-refractivity contribution in [2.45, 2.75) is 111 Å². The van der Waals surface area contributed by atoms with Crippen LogP contribution < -0.4 is 0 Å². The molecule has 2 nitrogen and oxygen atoms in total. The van der Waals surface area contributed by atoms with Crippen molar-refractivity contribution in [3.63, 3.8) is 0 Å². The minimum Gasteiger partial charge on any atom is -0.461 e. The van der Waals surface area contributed by atoms with Crippen LogP contribution in [0.15, 0.2) is 11.6 Å². The molecule has 0 spiro atoms. The van der Waals surface area contributed by atoms with Gasteiger partial charge in [-0.15, -0.1) is 0 Å². The van der Waals surface area contributed by atoms with Gasteiger partial charge in [-0.25, -0.2) is 0 Å². The molecule has 182 valence electrons. The summed E-state index contributed by atoms with van der Waals surface area (Å²) in [4.78, 5) is 11.8. The molecule has 0 bridgehead atoms. The van der Waals surface area contributed by atoms with E-state index in [4.69, 9.17) is 4.74 Å². The summed E-state index contributed by atoms with van der Waals surface area (Å²) in [6, 6.07) is 0. The molecule has 0 heterocycles. The number of carbonyl (C=O) groups is 1. The quantitative estimate of drug-likeness (QED) is 0.197. The zero-order valence-electron chi connectivity index (χ0n) is 21.3. The monoisotopic (exact) mass is 506 g/mol. The standard InChI is InChI=1S/C29H47BrO2/c1-19(2)7-6-8-20(3)24-11-12-25-23-10-9-21-17-22(32-27(31)18-30)13-15-28(21,4)26(23)14-16-29(24,25)5/h9,19-20,22-26H,6-8,10-18H2,1-5H3/t20-,22+,23?,24?,25?,26?,28+,29-/m1/s1. The van der Waals surface area contributed by atoms with Crippen molar-refractivity contribution in [2.75, 3.05) is 5.33 Å². The van der Waals surface area contributed by atoms with Crippen LogP contribution in [0.5, 0.6) is 0 Å². The molecule has 0 N–H and O–H groups in total. The lowest BCUT2D eigenvalue weighted by molar-refractivity contribution is -0.148. The Morgan fingerprint density at radius 3 is 2.59 bits per heavy atom. The predicted octanol–water partition coefficient (Wildman–Crippen LogP) is 8.33. The first-order chi connectivity index (χ1) is 15.2. The van der Waals surface area contributed by atoms with E-state index in [0.29, 0.717) is 16.2 Å². The Hall–Kier alpha value is -0.310. The van der Waals surface area contributed by atoms with Crippen molar-refractivity contribution in [3.8, 4) is 0 Å². The third kappa shape index (κ3) is 4.50. The molecule has 32 heavy (non-hydrogen) atoms. The highest BCUT2D eigenvalue weighted by atomic mass is 79.9. The minimum atomic E-state index is -0.110. The molecule has 4 rings (SSSR count). The Morgan fingerprint density at radius 2 is 1.88 bits per heavy atom. The Balaban J connectivity index is 1.45. The van der Waals surface area contributed by atoms with Gasteiger partial charge in [-0.3, -0.25) is 4.79 Å². The first kappa shape index (κ1) is 24.8. The third-order valence-electron chi connectivity index (χ3n) is 10.7. The van der Waals surface area contributed by atoms with E-state index in [0.717, 1.165) is 48.3 Å². The average molecular weight is 508 g/mol. The fourth-order valence-corrected chi connectivity index (χ4v) is 9.10. The molecule has 3 fully saturated rings. The van der Waals surface area contributed by atoms with E-state index in [1.807, 2.05) is 0 Å². The van der Waals surface area contributed by atoms with Crippen molar-refractivity contribution < 1.29 is 9.53 Å². The first-order valence-electron chi connectivity index (χ1n) is 13.6. The maximum absolute atomic E-state index is 11.8. The lowest BCUT2D eigenvalue weighted by Crippen LogP contribution is -2.51. The Labute approximate surface area is 205 Å². The van der Waals surface area contributed by atoms with E-state index in [1.165, 1.54) is 57.8 Å². The zero-order valence-corrected chi connectivity index (χ0v) is 22.9. The van der Waals surface area contributed by atoms with Crippen LogP contribution in [0.25, 0.3) is 0 Å². The molecule has 3 heteroatoms. The summed E-state index contributed by atoms with van der Waals surface area (Å²) in [6.07, 6.45) is 17.1. The van der Waals surface area contributed by atoms with Crippen LogP contribution in [0.4, 0.5) is 0 Å². The summed E-state index contributed by atoms with van der Waals surface area (Å²) >= 11 is 3.24. The van der Waals surface area contributed by atoms with Gasteiger partial charge in [0.25, 0.3) is 0 Å². The number of ether oxygens (including phenoxy) is 1. The van der Waals surface area contributed by atoms with Crippen LogP contribution in [0, 0.1) is 46.3 Å². The van der Waals surface area contributed by atoms with E-state index in [-0.39, 0.29) is 12.1 Å². The second-order valence-electron chi connectivity index (χ2n) is 12.8. The van der Waals surface area contributed by atoms with Crippen LogP contribution in [0.3, 0.4) is 0 Å². The van der Waals surface area contributed by atoms with Crippen LogP contribution >= 0.6 is 15.9 Å². The maximum Gasteiger partial charge on any atom is 0.316 e. The number of esters is 1. The van der Waals surface area contributed by atoms with Crippen LogP contribution in [0.1, 0.15) is 105 Å². The Morgan fingerprint density at radius 1 is 1.09 bits per heavy atom. The van der Waals surface area contributed by atoms with Crippen LogP contribution in [-0.2, 0) is 9.53 Å². The Kier molecular flexibility index (Phi) is 7.55. The molecule has 4 aliphatic rings. The van der Waals surface area contributed by atoms with Gasteiger partial charge in [-0.05, 0) is 91.3 Å². The summed E-state index contributed by atoms with van der Waals surface area (Å²) in [6.45, 7) is 12.5.